The lowest BCUT2D eigenvalue weighted by Gasteiger charge is -2.14. The van der Waals surface area contributed by atoms with Crippen molar-refractivity contribution >= 4 is 63.2 Å². The third kappa shape index (κ3) is 6.49. The highest BCUT2D eigenvalue weighted by molar-refractivity contribution is 14.1. The van der Waals surface area contributed by atoms with E-state index < -0.39 is 35.3 Å². The smallest absolute Gasteiger partial charge is 0.416 e. The molecule has 0 aliphatic carbocycles. The molecule has 1 heterocycles. The van der Waals surface area contributed by atoms with Gasteiger partial charge in [-0.25, -0.2) is 0 Å². The molecular formula is C23H16F3IN2O5S. The molecule has 3 amide bonds. The number of amides is 3. The lowest BCUT2D eigenvalue weighted by molar-refractivity contribution is -0.137. The summed E-state index contributed by atoms with van der Waals surface area (Å²) >= 11 is 2.65. The molecule has 0 aromatic heterocycles. The number of imide groups is 1. The van der Waals surface area contributed by atoms with Crippen molar-refractivity contribution in [3.8, 4) is 23.8 Å². The number of halogens is 4. The summed E-state index contributed by atoms with van der Waals surface area (Å²) in [5.74, 6) is 1.64. The van der Waals surface area contributed by atoms with E-state index in [9.17, 15) is 27.6 Å². The number of hydrogen-bond acceptors (Lipinski definition) is 6. The monoisotopic (exact) mass is 616 g/mol. The standard InChI is InChI=1S/C23H16F3IN2O5S/c1-3-7-34-20-16(27)8-13(9-17(20)33-2)10-18-21(31)29(22(32)35-18)12-19(30)28-15-6-4-5-14(11-15)23(24,25)26/h1,4-6,8-11H,7,12H2,2H3,(H,28,30)/b18-10-. The van der Waals surface area contributed by atoms with Gasteiger partial charge in [0.2, 0.25) is 5.91 Å². The molecule has 1 aliphatic rings. The van der Waals surface area contributed by atoms with Crippen LogP contribution in [0.25, 0.3) is 6.08 Å². The minimum Gasteiger partial charge on any atom is -0.493 e. The molecule has 2 aromatic rings. The number of thioether (sulfide) groups is 1. The Morgan fingerprint density at radius 3 is 2.69 bits per heavy atom. The number of nitrogens with zero attached hydrogens (tertiary/aromatic N) is 1. The fraction of sp³-hybridized carbons (Fsp3) is 0.174. The highest BCUT2D eigenvalue weighted by Crippen LogP contribution is 2.37. The van der Waals surface area contributed by atoms with Crippen molar-refractivity contribution in [2.75, 3.05) is 25.6 Å². The Morgan fingerprint density at radius 1 is 1.29 bits per heavy atom. The molecule has 1 aliphatic heterocycles. The van der Waals surface area contributed by atoms with E-state index >= 15 is 0 Å². The van der Waals surface area contributed by atoms with E-state index in [0.717, 1.165) is 18.2 Å². The lowest BCUT2D eigenvalue weighted by atomic mass is 10.2. The van der Waals surface area contributed by atoms with Gasteiger partial charge in [0.15, 0.2) is 11.5 Å². The SMILES string of the molecule is C#CCOc1c(I)cc(/C=C2\SC(=O)N(CC(=O)Nc3cccc(C(F)(F)F)c3)C2=O)cc1OC. The number of benzene rings is 2. The number of anilines is 1. The molecule has 3 rings (SSSR count). The minimum atomic E-state index is -4.58. The molecule has 35 heavy (non-hydrogen) atoms. The van der Waals surface area contributed by atoms with Crippen LogP contribution in [-0.4, -0.2) is 42.2 Å². The van der Waals surface area contributed by atoms with Gasteiger partial charge in [0, 0.05) is 5.69 Å². The van der Waals surface area contributed by atoms with E-state index in [2.05, 4.69) is 11.2 Å². The van der Waals surface area contributed by atoms with Crippen molar-refractivity contribution in [1.82, 2.24) is 4.90 Å². The van der Waals surface area contributed by atoms with Crippen LogP contribution in [-0.2, 0) is 15.8 Å². The minimum absolute atomic E-state index is 0.0349. The second-order valence-electron chi connectivity index (χ2n) is 6.92. The van der Waals surface area contributed by atoms with Crippen LogP contribution in [0, 0.1) is 15.9 Å². The number of carbonyl (C=O) groups excluding carboxylic acids is 3. The van der Waals surface area contributed by atoms with E-state index in [4.69, 9.17) is 15.9 Å². The summed E-state index contributed by atoms with van der Waals surface area (Å²) in [7, 11) is 1.44. The number of terminal acetylenes is 1. The van der Waals surface area contributed by atoms with Gasteiger partial charge in [0.05, 0.1) is 21.1 Å². The Hall–Kier alpha value is -3.18. The van der Waals surface area contributed by atoms with Crippen LogP contribution in [0.2, 0.25) is 0 Å². The summed E-state index contributed by atoms with van der Waals surface area (Å²) < 4.78 is 50.0. The van der Waals surface area contributed by atoms with Gasteiger partial charge in [0.25, 0.3) is 11.1 Å². The van der Waals surface area contributed by atoms with E-state index in [0.29, 0.717) is 37.3 Å². The van der Waals surface area contributed by atoms with Gasteiger partial charge in [-0.2, -0.15) is 13.2 Å². The number of nitrogens with one attached hydrogen (secondary N) is 1. The average Bonchev–Trinajstić information content (AvgIpc) is 3.04. The van der Waals surface area contributed by atoms with Gasteiger partial charge in [-0.3, -0.25) is 19.3 Å². The highest BCUT2D eigenvalue weighted by atomic mass is 127. The second kappa shape index (κ2) is 11.0. The first-order valence-corrected chi connectivity index (χ1v) is 11.6. The Bertz CT molecular complexity index is 1260. The zero-order valence-corrected chi connectivity index (χ0v) is 20.9. The van der Waals surface area contributed by atoms with Crippen molar-refractivity contribution in [2.45, 2.75) is 6.18 Å². The molecular weight excluding hydrogens is 600 g/mol. The number of alkyl halides is 3. The number of ether oxygens (including phenoxy) is 2. The molecule has 1 saturated heterocycles. The van der Waals surface area contributed by atoms with Crippen LogP contribution in [0.3, 0.4) is 0 Å². The van der Waals surface area contributed by atoms with Gasteiger partial charge in [-0.05, 0) is 76.3 Å². The maximum atomic E-state index is 12.9. The molecule has 0 spiro atoms. The summed E-state index contributed by atoms with van der Waals surface area (Å²) in [6, 6.07) is 7.33. The molecule has 1 fully saturated rings. The van der Waals surface area contributed by atoms with Crippen LogP contribution in [0.4, 0.5) is 23.7 Å². The number of hydrogen-bond donors (Lipinski definition) is 1. The van der Waals surface area contributed by atoms with Crippen LogP contribution in [0.15, 0.2) is 41.3 Å². The molecule has 7 nitrogen and oxygen atoms in total. The first-order chi connectivity index (χ1) is 16.5. The largest absolute Gasteiger partial charge is 0.493 e. The molecule has 0 radical (unpaired) electrons. The molecule has 182 valence electrons. The molecule has 0 bridgehead atoms. The van der Waals surface area contributed by atoms with Crippen molar-refractivity contribution in [2.24, 2.45) is 0 Å². The van der Waals surface area contributed by atoms with Crippen LogP contribution in [0.5, 0.6) is 11.5 Å². The van der Waals surface area contributed by atoms with Gasteiger partial charge in [0.1, 0.15) is 13.2 Å². The van der Waals surface area contributed by atoms with Crippen LogP contribution >= 0.6 is 34.4 Å². The first kappa shape index (κ1) is 26.4. The Morgan fingerprint density at radius 2 is 2.03 bits per heavy atom. The number of rotatable bonds is 7. The fourth-order valence-electron chi connectivity index (χ4n) is 2.98. The Labute approximate surface area is 216 Å². The first-order valence-electron chi connectivity index (χ1n) is 9.69. The molecule has 0 saturated carbocycles. The van der Waals surface area contributed by atoms with Gasteiger partial charge < -0.3 is 14.8 Å². The van der Waals surface area contributed by atoms with Gasteiger partial charge >= 0.3 is 6.18 Å². The predicted octanol–water partition coefficient (Wildman–Crippen LogP) is 5.01. The zero-order valence-electron chi connectivity index (χ0n) is 17.9. The predicted molar refractivity (Wildman–Crippen MR) is 133 cm³/mol. The molecule has 1 N–H and O–H groups in total. The van der Waals surface area contributed by atoms with Crippen molar-refractivity contribution in [1.29, 1.82) is 0 Å². The summed E-state index contributed by atoms with van der Waals surface area (Å²) in [5, 5.41) is 1.59. The maximum absolute atomic E-state index is 12.9. The van der Waals surface area contributed by atoms with E-state index in [1.165, 1.54) is 19.3 Å². The number of methoxy groups -OCH3 is 1. The number of carbonyl (C=O) groups is 3. The van der Waals surface area contributed by atoms with Crippen molar-refractivity contribution in [3.63, 3.8) is 0 Å². The summed E-state index contributed by atoms with van der Waals surface area (Å²) in [5.41, 5.74) is -0.510. The van der Waals surface area contributed by atoms with E-state index in [1.54, 1.807) is 12.1 Å². The molecule has 2 aromatic carbocycles. The summed E-state index contributed by atoms with van der Waals surface area (Å²) in [6.45, 7) is -0.620. The van der Waals surface area contributed by atoms with Crippen molar-refractivity contribution < 1.29 is 37.0 Å². The quantitative estimate of drug-likeness (QED) is 0.268. The molecule has 0 unspecified atom stereocenters. The van der Waals surface area contributed by atoms with E-state index in [-0.39, 0.29) is 17.2 Å². The summed E-state index contributed by atoms with van der Waals surface area (Å²) in [4.78, 5) is 38.2. The van der Waals surface area contributed by atoms with E-state index in [1.807, 2.05) is 22.6 Å². The topological polar surface area (TPSA) is 84.9 Å². The molecule has 12 heteroatoms. The Balaban J connectivity index is 1.74. The van der Waals surface area contributed by atoms with Gasteiger partial charge in [-0.15, -0.1) is 6.42 Å². The Kier molecular flexibility index (Phi) is 8.34. The third-order valence-electron chi connectivity index (χ3n) is 4.50. The average molecular weight is 616 g/mol. The maximum Gasteiger partial charge on any atom is 0.416 e. The third-order valence-corrected chi connectivity index (χ3v) is 6.21. The van der Waals surface area contributed by atoms with Crippen LogP contribution < -0.4 is 14.8 Å². The molecule has 0 atom stereocenters. The van der Waals surface area contributed by atoms with Crippen LogP contribution in [0.1, 0.15) is 11.1 Å². The van der Waals surface area contributed by atoms with Crippen molar-refractivity contribution in [3.05, 3.63) is 56.0 Å². The zero-order chi connectivity index (χ0) is 25.8. The highest BCUT2D eigenvalue weighted by Gasteiger charge is 2.36. The summed E-state index contributed by atoms with van der Waals surface area (Å²) in [6.07, 6.45) is 2.11. The normalized spacial score (nSPS) is 14.7. The lowest BCUT2D eigenvalue weighted by Crippen LogP contribution is -2.36. The second-order valence-corrected chi connectivity index (χ2v) is 9.08. The van der Waals surface area contributed by atoms with Gasteiger partial charge in [-0.1, -0.05) is 12.0 Å². The fourth-order valence-corrected chi connectivity index (χ4v) is 4.60.